The van der Waals surface area contributed by atoms with Crippen LogP contribution in [-0.2, 0) is 6.54 Å². The lowest BCUT2D eigenvalue weighted by Crippen LogP contribution is -2.30. The van der Waals surface area contributed by atoms with Crippen LogP contribution in [0.25, 0.3) is 0 Å². The molecule has 5 nitrogen and oxygen atoms in total. The van der Waals surface area contributed by atoms with E-state index >= 15 is 0 Å². The second-order valence-electron chi connectivity index (χ2n) is 4.34. The Labute approximate surface area is 116 Å². The fraction of sp³-hybridized carbons (Fsp3) is 0.286. The van der Waals surface area contributed by atoms with Crippen molar-refractivity contribution >= 4 is 5.91 Å². The summed E-state index contributed by atoms with van der Waals surface area (Å²) >= 11 is 0. The average Bonchev–Trinajstić information content (AvgIpc) is 2.97. The topological polar surface area (TPSA) is 47.4 Å². The highest BCUT2D eigenvalue weighted by atomic mass is 19.1. The number of ether oxygens (including phenoxy) is 1. The smallest absolute Gasteiger partial charge is 0.256 e. The Bertz CT molecular complexity index is 584. The maximum Gasteiger partial charge on any atom is 0.256 e. The van der Waals surface area contributed by atoms with Crippen LogP contribution in [0.2, 0.25) is 0 Å². The molecule has 106 valence electrons. The number of hydrogen-bond donors (Lipinski definition) is 0. The predicted octanol–water partition coefficient (Wildman–Crippen LogP) is 1.80. The van der Waals surface area contributed by atoms with Crippen LogP contribution in [0.4, 0.5) is 4.39 Å². The van der Waals surface area contributed by atoms with Crippen LogP contribution in [0.3, 0.4) is 0 Å². The Balaban J connectivity index is 2.02. The summed E-state index contributed by atoms with van der Waals surface area (Å²) in [7, 11) is 3.09. The summed E-state index contributed by atoms with van der Waals surface area (Å²) in [6, 6.07) is 6.01. The minimum absolute atomic E-state index is 0.0359. The number of likely N-dealkylation sites (N-methyl/N-ethyl adjacent to an activating group) is 1. The zero-order chi connectivity index (χ0) is 14.5. The number of carbonyl (C=O) groups excluding carboxylic acids is 1. The highest BCUT2D eigenvalue weighted by Gasteiger charge is 2.16. The molecule has 0 saturated carbocycles. The normalized spacial score (nSPS) is 10.3. The molecule has 0 fully saturated rings. The maximum atomic E-state index is 13.8. The Morgan fingerprint density at radius 3 is 2.90 bits per heavy atom. The number of rotatable bonds is 5. The zero-order valence-electron chi connectivity index (χ0n) is 11.4. The number of halogens is 1. The Hall–Kier alpha value is -2.37. The van der Waals surface area contributed by atoms with Gasteiger partial charge in [0.2, 0.25) is 0 Å². The first-order valence-corrected chi connectivity index (χ1v) is 6.18. The van der Waals surface area contributed by atoms with Crippen molar-refractivity contribution < 1.29 is 13.9 Å². The average molecular weight is 277 g/mol. The molecular weight excluding hydrogens is 261 g/mol. The predicted molar refractivity (Wildman–Crippen MR) is 72.1 cm³/mol. The lowest BCUT2D eigenvalue weighted by Gasteiger charge is -2.17. The first-order valence-electron chi connectivity index (χ1n) is 6.18. The number of methoxy groups -OCH3 is 1. The zero-order valence-corrected chi connectivity index (χ0v) is 11.4. The van der Waals surface area contributed by atoms with E-state index < -0.39 is 5.82 Å². The third-order valence-corrected chi connectivity index (χ3v) is 2.98. The molecule has 0 unspecified atom stereocenters. The van der Waals surface area contributed by atoms with Crippen LogP contribution in [0.15, 0.2) is 36.7 Å². The monoisotopic (exact) mass is 277 g/mol. The first-order chi connectivity index (χ1) is 9.61. The minimum Gasteiger partial charge on any atom is -0.497 e. The van der Waals surface area contributed by atoms with Gasteiger partial charge in [0.25, 0.3) is 5.91 Å². The van der Waals surface area contributed by atoms with Gasteiger partial charge in [-0.25, -0.2) is 4.39 Å². The van der Waals surface area contributed by atoms with Gasteiger partial charge in [-0.2, -0.15) is 5.10 Å². The van der Waals surface area contributed by atoms with Crippen molar-refractivity contribution in [1.29, 1.82) is 0 Å². The molecule has 6 heteroatoms. The van der Waals surface area contributed by atoms with E-state index in [0.717, 1.165) is 0 Å². The van der Waals surface area contributed by atoms with Crippen LogP contribution in [0, 0.1) is 5.82 Å². The van der Waals surface area contributed by atoms with Gasteiger partial charge >= 0.3 is 0 Å². The minimum atomic E-state index is -0.583. The van der Waals surface area contributed by atoms with E-state index in [1.54, 1.807) is 24.0 Å². The number of carbonyl (C=O) groups is 1. The molecule has 0 saturated heterocycles. The number of aromatic nitrogens is 2. The third-order valence-electron chi connectivity index (χ3n) is 2.98. The van der Waals surface area contributed by atoms with E-state index in [1.165, 1.54) is 24.1 Å². The van der Waals surface area contributed by atoms with Crippen molar-refractivity contribution in [3.63, 3.8) is 0 Å². The van der Waals surface area contributed by atoms with Gasteiger partial charge in [-0.3, -0.25) is 9.48 Å². The van der Waals surface area contributed by atoms with Gasteiger partial charge in [0.15, 0.2) is 0 Å². The molecule has 0 aliphatic heterocycles. The highest BCUT2D eigenvalue weighted by molar-refractivity contribution is 5.94. The van der Waals surface area contributed by atoms with Gasteiger partial charge in [0, 0.05) is 32.1 Å². The molecule has 0 N–H and O–H groups in total. The molecule has 0 radical (unpaired) electrons. The molecular formula is C14H16FN3O2. The second kappa shape index (κ2) is 6.18. The quantitative estimate of drug-likeness (QED) is 0.837. The largest absolute Gasteiger partial charge is 0.497 e. The van der Waals surface area contributed by atoms with Crippen molar-refractivity contribution in [3.05, 3.63) is 48.0 Å². The Kier molecular flexibility index (Phi) is 4.34. The lowest BCUT2D eigenvalue weighted by atomic mass is 10.2. The van der Waals surface area contributed by atoms with Gasteiger partial charge in [0.1, 0.15) is 11.6 Å². The summed E-state index contributed by atoms with van der Waals surface area (Å²) in [5.41, 5.74) is 0.0359. The first kappa shape index (κ1) is 14.0. The van der Waals surface area contributed by atoms with Gasteiger partial charge in [-0.15, -0.1) is 0 Å². The van der Waals surface area contributed by atoms with Gasteiger partial charge < -0.3 is 9.64 Å². The maximum absolute atomic E-state index is 13.8. The van der Waals surface area contributed by atoms with Gasteiger partial charge in [-0.05, 0) is 18.2 Å². The molecule has 20 heavy (non-hydrogen) atoms. The number of nitrogens with zero attached hydrogens (tertiary/aromatic N) is 3. The van der Waals surface area contributed by atoms with Gasteiger partial charge in [0.05, 0.1) is 19.2 Å². The van der Waals surface area contributed by atoms with Gasteiger partial charge in [-0.1, -0.05) is 0 Å². The standard InChI is InChI=1S/C14H16FN3O2/c1-17(8-9-18-7-3-6-16-18)14(19)12-5-4-11(20-2)10-13(12)15/h3-7,10H,8-9H2,1-2H3. The number of hydrogen-bond acceptors (Lipinski definition) is 3. The van der Waals surface area contributed by atoms with Crippen molar-refractivity contribution in [2.75, 3.05) is 20.7 Å². The summed E-state index contributed by atoms with van der Waals surface area (Å²) in [6.45, 7) is 1.01. The summed E-state index contributed by atoms with van der Waals surface area (Å²) in [6.07, 6.45) is 3.48. The molecule has 0 atom stereocenters. The number of amides is 1. The molecule has 1 amide bonds. The molecule has 0 aliphatic carbocycles. The summed E-state index contributed by atoms with van der Waals surface area (Å²) in [5.74, 6) is -0.559. The van der Waals surface area contributed by atoms with Crippen molar-refractivity contribution in [2.45, 2.75) is 6.54 Å². The van der Waals surface area contributed by atoms with E-state index in [2.05, 4.69) is 5.10 Å². The Morgan fingerprint density at radius 2 is 2.30 bits per heavy atom. The summed E-state index contributed by atoms with van der Waals surface area (Å²) < 4.78 is 20.4. The van der Waals surface area contributed by atoms with Crippen LogP contribution in [-0.4, -0.2) is 41.3 Å². The summed E-state index contributed by atoms with van der Waals surface area (Å²) in [5, 5.41) is 4.05. The van der Waals surface area contributed by atoms with E-state index in [4.69, 9.17) is 4.74 Å². The molecule has 0 spiro atoms. The van der Waals surface area contributed by atoms with Crippen molar-refractivity contribution in [1.82, 2.24) is 14.7 Å². The molecule has 0 aliphatic rings. The lowest BCUT2D eigenvalue weighted by molar-refractivity contribution is 0.0784. The van der Waals surface area contributed by atoms with E-state index in [9.17, 15) is 9.18 Å². The van der Waals surface area contributed by atoms with Crippen molar-refractivity contribution in [2.24, 2.45) is 0 Å². The SMILES string of the molecule is COc1ccc(C(=O)N(C)CCn2cccn2)c(F)c1. The van der Waals surface area contributed by atoms with Crippen LogP contribution < -0.4 is 4.74 Å². The molecule has 1 aromatic carbocycles. The van der Waals surface area contributed by atoms with E-state index in [1.807, 2.05) is 12.3 Å². The van der Waals surface area contributed by atoms with Crippen LogP contribution >= 0.6 is 0 Å². The molecule has 1 aromatic heterocycles. The molecule has 0 bridgehead atoms. The molecule has 1 heterocycles. The fourth-order valence-corrected chi connectivity index (χ4v) is 1.79. The van der Waals surface area contributed by atoms with E-state index in [0.29, 0.717) is 18.8 Å². The highest BCUT2D eigenvalue weighted by Crippen LogP contribution is 2.17. The van der Waals surface area contributed by atoms with Crippen LogP contribution in [0.5, 0.6) is 5.75 Å². The molecule has 2 aromatic rings. The molecule has 2 rings (SSSR count). The van der Waals surface area contributed by atoms with Crippen LogP contribution in [0.1, 0.15) is 10.4 Å². The second-order valence-corrected chi connectivity index (χ2v) is 4.34. The number of benzene rings is 1. The van der Waals surface area contributed by atoms with E-state index in [-0.39, 0.29) is 11.5 Å². The fourth-order valence-electron chi connectivity index (χ4n) is 1.79. The van der Waals surface area contributed by atoms with Crippen molar-refractivity contribution in [3.8, 4) is 5.75 Å². The Morgan fingerprint density at radius 1 is 1.50 bits per heavy atom. The third kappa shape index (κ3) is 3.14. The summed E-state index contributed by atoms with van der Waals surface area (Å²) in [4.78, 5) is 13.6.